The normalized spacial score (nSPS) is 10.5. The van der Waals surface area contributed by atoms with Crippen molar-refractivity contribution in [3.8, 4) is 5.82 Å². The molecular formula is C8H7BrN6O2. The molecule has 2 N–H and O–H groups in total. The van der Waals surface area contributed by atoms with Gasteiger partial charge in [0, 0.05) is 6.20 Å². The van der Waals surface area contributed by atoms with Crippen LogP contribution in [-0.2, 0) is 0 Å². The molecule has 0 spiro atoms. The van der Waals surface area contributed by atoms with Gasteiger partial charge in [0.2, 0.25) is 11.8 Å². The first-order valence-electron chi connectivity index (χ1n) is 4.48. The van der Waals surface area contributed by atoms with E-state index in [1.807, 2.05) is 0 Å². The van der Waals surface area contributed by atoms with Crippen molar-refractivity contribution in [3.63, 3.8) is 0 Å². The van der Waals surface area contributed by atoms with E-state index in [2.05, 4.69) is 31.0 Å². The van der Waals surface area contributed by atoms with Gasteiger partial charge in [0.15, 0.2) is 0 Å². The number of anilines is 1. The van der Waals surface area contributed by atoms with Crippen LogP contribution in [0.1, 0.15) is 5.69 Å². The topological polar surface area (TPSA) is 113 Å². The molecule has 0 fully saturated rings. The third-order valence-electron chi connectivity index (χ3n) is 2.01. The lowest BCUT2D eigenvalue weighted by molar-refractivity contribution is -0.385. The fraction of sp³-hybridized carbons (Fsp3) is 0.125. The number of halogens is 1. The number of aromatic nitrogens is 4. The molecular weight excluding hydrogens is 292 g/mol. The second-order valence-corrected chi connectivity index (χ2v) is 4.12. The predicted molar refractivity (Wildman–Crippen MR) is 62.7 cm³/mol. The Morgan fingerprint density at radius 1 is 1.53 bits per heavy atom. The number of nitrogens with two attached hydrogens (primary N) is 1. The van der Waals surface area contributed by atoms with Gasteiger partial charge in [-0.05, 0) is 22.9 Å². The monoisotopic (exact) mass is 298 g/mol. The summed E-state index contributed by atoms with van der Waals surface area (Å²) in [5, 5.41) is 14.9. The highest BCUT2D eigenvalue weighted by Gasteiger charge is 2.23. The molecule has 17 heavy (non-hydrogen) atoms. The van der Waals surface area contributed by atoms with Crippen LogP contribution in [0.3, 0.4) is 0 Å². The number of nitrogen functional groups attached to an aromatic ring is 1. The van der Waals surface area contributed by atoms with E-state index in [1.165, 1.54) is 17.8 Å². The van der Waals surface area contributed by atoms with E-state index < -0.39 is 4.92 Å². The van der Waals surface area contributed by atoms with Crippen LogP contribution in [-0.4, -0.2) is 24.7 Å². The summed E-state index contributed by atoms with van der Waals surface area (Å²) >= 11 is 3.20. The first-order valence-corrected chi connectivity index (χ1v) is 5.27. The van der Waals surface area contributed by atoms with Crippen LogP contribution < -0.4 is 5.73 Å². The third-order valence-corrected chi connectivity index (χ3v) is 2.42. The summed E-state index contributed by atoms with van der Waals surface area (Å²) in [6.07, 6.45) is 3.05. The average Bonchev–Trinajstić information content (AvgIpc) is 2.62. The number of nitro groups is 1. The maximum absolute atomic E-state index is 11.0. The number of hydrogen-bond acceptors (Lipinski definition) is 6. The van der Waals surface area contributed by atoms with Gasteiger partial charge in [-0.15, -0.1) is 0 Å². The second-order valence-electron chi connectivity index (χ2n) is 3.20. The highest BCUT2D eigenvalue weighted by Crippen LogP contribution is 2.24. The zero-order valence-electron chi connectivity index (χ0n) is 8.66. The fourth-order valence-corrected chi connectivity index (χ4v) is 1.65. The zero-order valence-corrected chi connectivity index (χ0v) is 10.2. The van der Waals surface area contributed by atoms with Crippen molar-refractivity contribution in [3.05, 3.63) is 32.7 Å². The van der Waals surface area contributed by atoms with E-state index in [1.54, 1.807) is 6.20 Å². The summed E-state index contributed by atoms with van der Waals surface area (Å²) in [5.74, 6) is 0.0143. The molecule has 0 amide bonds. The maximum atomic E-state index is 11.0. The van der Waals surface area contributed by atoms with Gasteiger partial charge in [-0.2, -0.15) is 10.1 Å². The highest BCUT2D eigenvalue weighted by atomic mass is 79.9. The number of hydrogen-bond donors (Lipinski definition) is 1. The van der Waals surface area contributed by atoms with Crippen molar-refractivity contribution < 1.29 is 4.92 Å². The van der Waals surface area contributed by atoms with E-state index >= 15 is 0 Å². The summed E-state index contributed by atoms with van der Waals surface area (Å²) in [4.78, 5) is 18.0. The van der Waals surface area contributed by atoms with Gasteiger partial charge in [-0.25, -0.2) is 9.67 Å². The highest BCUT2D eigenvalue weighted by molar-refractivity contribution is 9.10. The minimum absolute atomic E-state index is 0.0327. The minimum atomic E-state index is -0.556. The summed E-state index contributed by atoms with van der Waals surface area (Å²) in [7, 11) is 0. The predicted octanol–water partition coefficient (Wildman–Crippen LogP) is 1.22. The van der Waals surface area contributed by atoms with Crippen molar-refractivity contribution >= 4 is 27.6 Å². The smallest absolute Gasteiger partial charge is 0.334 e. The van der Waals surface area contributed by atoms with Crippen LogP contribution in [0.15, 0.2) is 16.9 Å². The van der Waals surface area contributed by atoms with Gasteiger partial charge in [0.25, 0.3) is 0 Å². The summed E-state index contributed by atoms with van der Waals surface area (Å²) < 4.78 is 1.95. The van der Waals surface area contributed by atoms with Gasteiger partial charge in [-0.3, -0.25) is 10.1 Å². The molecule has 2 rings (SSSR count). The second kappa shape index (κ2) is 4.09. The number of rotatable bonds is 2. The lowest BCUT2D eigenvalue weighted by atomic mass is 10.3. The van der Waals surface area contributed by atoms with Crippen molar-refractivity contribution in [2.24, 2.45) is 0 Å². The van der Waals surface area contributed by atoms with E-state index in [0.29, 0.717) is 4.47 Å². The molecule has 0 unspecified atom stereocenters. The summed E-state index contributed by atoms with van der Waals surface area (Å²) in [6.45, 7) is 1.50. The number of nitrogens with zero attached hydrogens (tertiary/aromatic N) is 5. The van der Waals surface area contributed by atoms with Crippen LogP contribution >= 0.6 is 15.9 Å². The molecule has 0 aliphatic rings. The SMILES string of the molecule is Cc1nc(N)nc(-n2cc(Br)cn2)c1[N+](=O)[O-]. The van der Waals surface area contributed by atoms with Gasteiger partial charge in [-0.1, -0.05) is 0 Å². The zero-order chi connectivity index (χ0) is 12.6. The molecule has 2 aromatic rings. The molecule has 0 saturated heterocycles. The van der Waals surface area contributed by atoms with Crippen LogP contribution in [0.5, 0.6) is 0 Å². The fourth-order valence-electron chi connectivity index (χ4n) is 1.36. The third kappa shape index (κ3) is 2.09. The Morgan fingerprint density at radius 3 is 2.76 bits per heavy atom. The van der Waals surface area contributed by atoms with E-state index in [9.17, 15) is 10.1 Å². The molecule has 9 heteroatoms. The molecule has 2 aromatic heterocycles. The Morgan fingerprint density at radius 2 is 2.24 bits per heavy atom. The molecule has 0 aliphatic carbocycles. The lowest BCUT2D eigenvalue weighted by Crippen LogP contribution is -2.09. The van der Waals surface area contributed by atoms with Crippen LogP contribution in [0, 0.1) is 17.0 Å². The van der Waals surface area contributed by atoms with Crippen molar-refractivity contribution in [1.82, 2.24) is 19.7 Å². The Bertz CT molecular complexity index is 596. The van der Waals surface area contributed by atoms with Gasteiger partial charge in [0.1, 0.15) is 5.69 Å². The van der Waals surface area contributed by atoms with Crippen LogP contribution in [0.2, 0.25) is 0 Å². The van der Waals surface area contributed by atoms with Gasteiger partial charge < -0.3 is 5.73 Å². The quantitative estimate of drug-likeness (QED) is 0.659. The Labute approximate surface area is 104 Å². The van der Waals surface area contributed by atoms with Gasteiger partial charge >= 0.3 is 5.69 Å². The van der Waals surface area contributed by atoms with E-state index in [4.69, 9.17) is 5.73 Å². The first-order chi connectivity index (χ1) is 7.99. The Balaban J connectivity index is 2.71. The van der Waals surface area contributed by atoms with Crippen LogP contribution in [0.25, 0.3) is 5.82 Å². The Hall–Kier alpha value is -2.03. The van der Waals surface area contributed by atoms with Gasteiger partial charge in [0.05, 0.1) is 15.6 Å². The molecule has 0 aliphatic heterocycles. The summed E-state index contributed by atoms with van der Waals surface area (Å²) in [5.41, 5.74) is 5.46. The minimum Gasteiger partial charge on any atom is -0.368 e. The molecule has 0 aromatic carbocycles. The average molecular weight is 299 g/mol. The lowest BCUT2D eigenvalue weighted by Gasteiger charge is -2.04. The largest absolute Gasteiger partial charge is 0.368 e. The molecule has 0 radical (unpaired) electrons. The first kappa shape index (κ1) is 11.5. The Kier molecular flexibility index (Phi) is 2.76. The number of aryl methyl sites for hydroxylation is 1. The van der Waals surface area contributed by atoms with Crippen LogP contribution in [0.4, 0.5) is 11.6 Å². The van der Waals surface area contributed by atoms with Crippen molar-refractivity contribution in [1.29, 1.82) is 0 Å². The molecule has 0 bridgehead atoms. The molecule has 88 valence electrons. The van der Waals surface area contributed by atoms with E-state index in [0.717, 1.165) is 0 Å². The maximum Gasteiger partial charge on any atom is 0.334 e. The van der Waals surface area contributed by atoms with Crippen molar-refractivity contribution in [2.75, 3.05) is 5.73 Å². The molecule has 0 atom stereocenters. The summed E-state index contributed by atoms with van der Waals surface area (Å²) in [6, 6.07) is 0. The van der Waals surface area contributed by atoms with E-state index in [-0.39, 0.29) is 23.1 Å². The molecule has 0 saturated carbocycles. The molecule has 2 heterocycles. The standard InChI is InChI=1S/C8H7BrN6O2/c1-4-6(15(16)17)7(13-8(10)12-4)14-3-5(9)2-11-14/h2-3H,1H3,(H2,10,12,13). The van der Waals surface area contributed by atoms with Crippen molar-refractivity contribution in [2.45, 2.75) is 6.92 Å². The molecule has 8 nitrogen and oxygen atoms in total.